The van der Waals surface area contributed by atoms with Crippen molar-refractivity contribution >= 4 is 17.3 Å². The fraction of sp³-hybridized carbons (Fsp3) is 0.269. The molecule has 3 heterocycles. The van der Waals surface area contributed by atoms with E-state index < -0.39 is 11.6 Å². The van der Waals surface area contributed by atoms with Gasteiger partial charge in [-0.1, -0.05) is 12.1 Å². The van der Waals surface area contributed by atoms with Gasteiger partial charge in [0, 0.05) is 54.7 Å². The zero-order chi connectivity index (χ0) is 25.2. The van der Waals surface area contributed by atoms with Gasteiger partial charge < -0.3 is 19.8 Å². The molecule has 0 spiro atoms. The van der Waals surface area contributed by atoms with Crippen molar-refractivity contribution in [3.63, 3.8) is 0 Å². The lowest BCUT2D eigenvalue weighted by atomic mass is 10.1. The second kappa shape index (κ2) is 12.7. The minimum absolute atomic E-state index is 0.0933. The first-order valence-electron chi connectivity index (χ1n) is 11.3. The molecule has 0 aliphatic carbocycles. The van der Waals surface area contributed by atoms with Crippen molar-refractivity contribution in [2.75, 3.05) is 33.7 Å². The van der Waals surface area contributed by atoms with E-state index in [-0.39, 0.29) is 12.1 Å². The number of pyridine rings is 2. The van der Waals surface area contributed by atoms with E-state index >= 15 is 0 Å². The number of likely N-dealkylation sites (N-methyl/N-ethyl adjacent to an activating group) is 2. The zero-order valence-corrected chi connectivity index (χ0v) is 19.8. The molecule has 0 amide bonds. The van der Waals surface area contributed by atoms with Crippen molar-refractivity contribution in [3.8, 4) is 0 Å². The maximum Gasteiger partial charge on any atom is 0.254 e. The number of hydrogen-bond donors (Lipinski definition) is 2. The van der Waals surface area contributed by atoms with Crippen molar-refractivity contribution < 1.29 is 13.6 Å². The highest BCUT2D eigenvalue weighted by Gasteiger charge is 2.08. The number of carbonyl (C=O) groups is 1. The Morgan fingerprint density at radius 1 is 1.14 bits per heavy atom. The van der Waals surface area contributed by atoms with Crippen LogP contribution in [0, 0.1) is 11.6 Å². The summed E-state index contributed by atoms with van der Waals surface area (Å²) < 4.78 is 27.8. The summed E-state index contributed by atoms with van der Waals surface area (Å²) in [6, 6.07) is 11.0. The molecule has 0 saturated carbocycles. The van der Waals surface area contributed by atoms with Gasteiger partial charge in [-0.25, -0.2) is 13.8 Å². The third-order valence-corrected chi connectivity index (χ3v) is 5.55. The molecule has 0 aliphatic heterocycles. The molecule has 7 nitrogen and oxygen atoms in total. The van der Waals surface area contributed by atoms with Crippen LogP contribution in [0.3, 0.4) is 0 Å². The van der Waals surface area contributed by atoms with Gasteiger partial charge in [0.2, 0.25) is 0 Å². The third-order valence-electron chi connectivity index (χ3n) is 5.55. The van der Waals surface area contributed by atoms with E-state index in [1.807, 2.05) is 38.4 Å². The summed E-state index contributed by atoms with van der Waals surface area (Å²) in [4.78, 5) is 32.0. The number of rotatable bonds is 9. The van der Waals surface area contributed by atoms with Crippen LogP contribution in [0.15, 0.2) is 65.8 Å². The highest BCUT2D eigenvalue weighted by atomic mass is 19.2. The molecule has 3 aromatic heterocycles. The number of halogens is 2. The number of benzene rings is 1. The van der Waals surface area contributed by atoms with E-state index in [0.29, 0.717) is 17.5 Å². The number of H-pyrrole nitrogens is 1. The van der Waals surface area contributed by atoms with Crippen LogP contribution in [-0.4, -0.2) is 59.5 Å². The van der Waals surface area contributed by atoms with Crippen LogP contribution < -0.4 is 10.9 Å². The molecular formula is C26H29F2N5O2. The third kappa shape index (κ3) is 7.14. The minimum Gasteiger partial charge on any atom is -0.345 e. The van der Waals surface area contributed by atoms with Crippen molar-refractivity contribution in [1.29, 1.82) is 0 Å². The summed E-state index contributed by atoms with van der Waals surface area (Å²) >= 11 is 0. The Balaban J connectivity index is 0.000000256. The Bertz CT molecular complexity index is 1320. The van der Waals surface area contributed by atoms with Crippen LogP contribution in [0.4, 0.5) is 8.78 Å². The largest absolute Gasteiger partial charge is 0.345 e. The zero-order valence-electron chi connectivity index (χ0n) is 19.8. The molecule has 0 atom stereocenters. The number of aldehydes is 1. The van der Waals surface area contributed by atoms with Crippen molar-refractivity contribution in [2.45, 2.75) is 13.0 Å². The van der Waals surface area contributed by atoms with Gasteiger partial charge in [-0.2, -0.15) is 0 Å². The normalized spacial score (nSPS) is 10.9. The topological polar surface area (TPSA) is 83.0 Å². The summed E-state index contributed by atoms with van der Waals surface area (Å²) in [5.74, 6) is -1.78. The molecule has 0 bridgehead atoms. The van der Waals surface area contributed by atoms with Crippen molar-refractivity contribution in [2.24, 2.45) is 0 Å². The Morgan fingerprint density at radius 3 is 2.71 bits per heavy atom. The number of aromatic nitrogens is 3. The Kier molecular flexibility index (Phi) is 9.39. The van der Waals surface area contributed by atoms with E-state index in [2.05, 4.69) is 20.2 Å². The fourth-order valence-electron chi connectivity index (χ4n) is 3.54. The van der Waals surface area contributed by atoms with Crippen molar-refractivity contribution in [1.82, 2.24) is 24.8 Å². The molecule has 4 rings (SSSR count). The molecule has 1 aromatic carbocycles. The van der Waals surface area contributed by atoms with Crippen molar-refractivity contribution in [3.05, 3.63) is 99.7 Å². The first-order chi connectivity index (χ1) is 16.9. The summed E-state index contributed by atoms with van der Waals surface area (Å²) in [5.41, 5.74) is 2.60. The average Bonchev–Trinajstić information content (AvgIpc) is 3.29. The van der Waals surface area contributed by atoms with Gasteiger partial charge in [0.05, 0.1) is 6.54 Å². The second-order valence-corrected chi connectivity index (χ2v) is 8.13. The number of nitrogens with one attached hydrogen (secondary N) is 2. The van der Waals surface area contributed by atoms with Crippen LogP contribution in [0.2, 0.25) is 0 Å². The minimum atomic E-state index is -0.900. The Morgan fingerprint density at radius 2 is 1.97 bits per heavy atom. The molecule has 0 radical (unpaired) electrons. The number of carbonyl (C=O) groups excluding carboxylic acids is 1. The van der Waals surface area contributed by atoms with E-state index in [1.54, 1.807) is 18.6 Å². The van der Waals surface area contributed by atoms with Gasteiger partial charge in [-0.15, -0.1) is 0 Å². The predicted octanol–water partition coefficient (Wildman–Crippen LogP) is 3.24. The highest BCUT2D eigenvalue weighted by molar-refractivity contribution is 5.95. The summed E-state index contributed by atoms with van der Waals surface area (Å²) in [5, 5.41) is 3.97. The second-order valence-electron chi connectivity index (χ2n) is 8.13. The molecule has 0 saturated heterocycles. The van der Waals surface area contributed by atoms with Crippen LogP contribution >= 0.6 is 0 Å². The van der Waals surface area contributed by atoms with Crippen LogP contribution in [0.25, 0.3) is 11.0 Å². The molecular weight excluding hydrogens is 452 g/mol. The molecule has 2 N–H and O–H groups in total. The van der Waals surface area contributed by atoms with E-state index in [4.69, 9.17) is 0 Å². The summed E-state index contributed by atoms with van der Waals surface area (Å²) in [6.45, 7) is 2.81. The van der Waals surface area contributed by atoms with Crippen LogP contribution in [0.1, 0.15) is 21.5 Å². The maximum atomic E-state index is 13.3. The lowest BCUT2D eigenvalue weighted by Gasteiger charge is -2.16. The van der Waals surface area contributed by atoms with Gasteiger partial charge in [0.25, 0.3) is 5.56 Å². The quantitative estimate of drug-likeness (QED) is 0.359. The van der Waals surface area contributed by atoms with Gasteiger partial charge in [0.15, 0.2) is 17.9 Å². The van der Waals surface area contributed by atoms with E-state index in [9.17, 15) is 18.4 Å². The van der Waals surface area contributed by atoms with E-state index in [1.165, 1.54) is 10.6 Å². The number of nitrogens with zero attached hydrogens (tertiary/aromatic N) is 3. The first-order valence-corrected chi connectivity index (χ1v) is 11.3. The van der Waals surface area contributed by atoms with Crippen LogP contribution in [-0.2, 0) is 13.0 Å². The molecule has 35 heavy (non-hydrogen) atoms. The molecule has 0 fully saturated rings. The molecule has 4 aromatic rings. The number of aromatic amines is 1. The number of fused-ring (bicyclic) bond motifs is 1. The molecule has 0 aliphatic rings. The molecule has 9 heteroatoms. The molecule has 184 valence electrons. The smallest absolute Gasteiger partial charge is 0.254 e. The molecule has 0 unspecified atom stereocenters. The van der Waals surface area contributed by atoms with Crippen LogP contribution in [0.5, 0.6) is 0 Å². The SMILES string of the molecule is CNCCN(C)CCc1cccn(Cc2ccc(F)c(F)c2)c1=O.O=Cc1c[nH]c2ncccc12. The van der Waals surface area contributed by atoms with E-state index in [0.717, 1.165) is 54.7 Å². The van der Waals surface area contributed by atoms with Gasteiger partial charge in [-0.3, -0.25) is 9.59 Å². The highest BCUT2D eigenvalue weighted by Crippen LogP contribution is 2.12. The summed E-state index contributed by atoms with van der Waals surface area (Å²) in [6.07, 6.45) is 6.48. The predicted molar refractivity (Wildman–Crippen MR) is 133 cm³/mol. The average molecular weight is 482 g/mol. The Hall–Kier alpha value is -3.69. The van der Waals surface area contributed by atoms with Gasteiger partial charge in [0.1, 0.15) is 5.65 Å². The number of hydrogen-bond acceptors (Lipinski definition) is 5. The lowest BCUT2D eigenvalue weighted by molar-refractivity contribution is 0.112. The monoisotopic (exact) mass is 481 g/mol. The fourth-order valence-corrected chi connectivity index (χ4v) is 3.54. The maximum absolute atomic E-state index is 13.3. The van der Waals surface area contributed by atoms with Gasteiger partial charge >= 0.3 is 0 Å². The first kappa shape index (κ1) is 25.9. The standard InChI is InChI=1S/C18H23F2N3O.C8H6N2O/c1-21-8-11-22(2)10-7-15-4-3-9-23(18(15)24)13-14-5-6-16(19)17(20)12-14;11-5-6-4-10-8-7(6)2-1-3-9-8/h3-6,9,12,21H,7-8,10-11,13H2,1-2H3;1-5H,(H,9,10). The Labute approximate surface area is 202 Å². The van der Waals surface area contributed by atoms with Gasteiger partial charge in [-0.05, 0) is 56.4 Å². The summed E-state index contributed by atoms with van der Waals surface area (Å²) in [7, 11) is 3.92. The lowest BCUT2D eigenvalue weighted by Crippen LogP contribution is -2.31.